The van der Waals surface area contributed by atoms with Crippen LogP contribution in [0.2, 0.25) is 0 Å². The van der Waals surface area contributed by atoms with Gasteiger partial charge in [-0.3, -0.25) is 0 Å². The van der Waals surface area contributed by atoms with Gasteiger partial charge in [0.05, 0.1) is 12.0 Å². The van der Waals surface area contributed by atoms with Gasteiger partial charge in [0, 0.05) is 12.1 Å². The summed E-state index contributed by atoms with van der Waals surface area (Å²) in [5.74, 6) is 1.12. The highest BCUT2D eigenvalue weighted by Crippen LogP contribution is 2.29. The standard InChI is InChI=1S/C14H24N2/c1-11(12-6-3-2-4-7-12)16-14-9-5-8-13(14)10-15/h11-14,16H,2-9H2,1H3/t11-,13?,14?/m0/s1. The highest BCUT2D eigenvalue weighted by atomic mass is 15.0. The summed E-state index contributed by atoms with van der Waals surface area (Å²) in [5.41, 5.74) is 0. The van der Waals surface area contributed by atoms with E-state index in [4.69, 9.17) is 5.26 Å². The van der Waals surface area contributed by atoms with Crippen LogP contribution in [0.15, 0.2) is 0 Å². The minimum atomic E-state index is 0.269. The molecule has 2 fully saturated rings. The zero-order valence-corrected chi connectivity index (χ0v) is 10.4. The predicted octanol–water partition coefficient (Wildman–Crippen LogP) is 3.24. The fraction of sp³-hybridized carbons (Fsp3) is 0.929. The van der Waals surface area contributed by atoms with Gasteiger partial charge in [-0.1, -0.05) is 25.7 Å². The molecule has 90 valence electrons. The highest BCUT2D eigenvalue weighted by molar-refractivity contribution is 4.97. The summed E-state index contributed by atoms with van der Waals surface area (Å²) in [5, 5.41) is 12.8. The molecule has 0 spiro atoms. The molecule has 2 saturated carbocycles. The SMILES string of the molecule is C[C@H](NC1CCCC1C#N)C1CCCCC1. The highest BCUT2D eigenvalue weighted by Gasteiger charge is 2.30. The summed E-state index contributed by atoms with van der Waals surface area (Å²) in [6.45, 7) is 2.32. The van der Waals surface area contributed by atoms with Crippen LogP contribution < -0.4 is 5.32 Å². The van der Waals surface area contributed by atoms with Crippen LogP contribution in [0.25, 0.3) is 0 Å². The van der Waals surface area contributed by atoms with Crippen LogP contribution in [-0.4, -0.2) is 12.1 Å². The maximum atomic E-state index is 9.07. The van der Waals surface area contributed by atoms with Gasteiger partial charge in [0.1, 0.15) is 0 Å². The van der Waals surface area contributed by atoms with Crippen molar-refractivity contribution < 1.29 is 0 Å². The van der Waals surface area contributed by atoms with Crippen LogP contribution in [-0.2, 0) is 0 Å². The molecule has 3 atom stereocenters. The van der Waals surface area contributed by atoms with E-state index in [9.17, 15) is 0 Å². The average Bonchev–Trinajstić information content (AvgIpc) is 2.77. The molecule has 0 bridgehead atoms. The Bertz CT molecular complexity index is 250. The van der Waals surface area contributed by atoms with Crippen LogP contribution in [0.3, 0.4) is 0 Å². The molecule has 2 unspecified atom stereocenters. The number of hydrogen-bond donors (Lipinski definition) is 1. The van der Waals surface area contributed by atoms with Gasteiger partial charge < -0.3 is 5.32 Å². The Morgan fingerprint density at radius 1 is 1.06 bits per heavy atom. The van der Waals surface area contributed by atoms with Gasteiger partial charge in [0.25, 0.3) is 0 Å². The van der Waals surface area contributed by atoms with Gasteiger partial charge in [0.2, 0.25) is 0 Å². The molecule has 2 rings (SSSR count). The molecule has 0 heterocycles. The number of hydrogen-bond acceptors (Lipinski definition) is 2. The smallest absolute Gasteiger partial charge is 0.0672 e. The molecule has 1 N–H and O–H groups in total. The molecule has 2 nitrogen and oxygen atoms in total. The van der Waals surface area contributed by atoms with Crippen molar-refractivity contribution in [2.45, 2.75) is 70.4 Å². The first-order chi connectivity index (χ1) is 7.81. The molecule has 0 aliphatic heterocycles. The van der Waals surface area contributed by atoms with Crippen molar-refractivity contribution in [3.05, 3.63) is 0 Å². The molecule has 0 aromatic heterocycles. The fourth-order valence-electron chi connectivity index (χ4n) is 3.42. The van der Waals surface area contributed by atoms with Crippen molar-refractivity contribution in [3.8, 4) is 6.07 Å². The zero-order chi connectivity index (χ0) is 11.4. The van der Waals surface area contributed by atoms with Crippen molar-refractivity contribution in [2.75, 3.05) is 0 Å². The summed E-state index contributed by atoms with van der Waals surface area (Å²) in [6.07, 6.45) is 10.5. The van der Waals surface area contributed by atoms with E-state index in [1.165, 1.54) is 44.9 Å². The lowest BCUT2D eigenvalue weighted by Crippen LogP contribution is -2.43. The van der Waals surface area contributed by atoms with Gasteiger partial charge in [-0.05, 0) is 38.5 Å². The quantitative estimate of drug-likeness (QED) is 0.792. The van der Waals surface area contributed by atoms with E-state index in [2.05, 4.69) is 18.3 Å². The van der Waals surface area contributed by atoms with Gasteiger partial charge in [-0.2, -0.15) is 5.26 Å². The van der Waals surface area contributed by atoms with E-state index >= 15 is 0 Å². The lowest BCUT2D eigenvalue weighted by atomic mass is 9.84. The first kappa shape index (κ1) is 11.9. The first-order valence-electron chi connectivity index (χ1n) is 6.97. The third kappa shape index (κ3) is 2.77. The van der Waals surface area contributed by atoms with E-state index in [0.717, 1.165) is 12.3 Å². The Morgan fingerprint density at radius 3 is 2.50 bits per heavy atom. The molecule has 0 amide bonds. The summed E-state index contributed by atoms with van der Waals surface area (Å²) in [7, 11) is 0. The molecule has 16 heavy (non-hydrogen) atoms. The molecule has 2 heteroatoms. The first-order valence-corrected chi connectivity index (χ1v) is 6.97. The van der Waals surface area contributed by atoms with Crippen molar-refractivity contribution in [2.24, 2.45) is 11.8 Å². The largest absolute Gasteiger partial charge is 0.310 e. The molecule has 2 aliphatic carbocycles. The molecule has 0 aromatic rings. The van der Waals surface area contributed by atoms with Crippen LogP contribution in [0.1, 0.15) is 58.3 Å². The second kappa shape index (κ2) is 5.68. The Hall–Kier alpha value is -0.550. The number of nitrogens with one attached hydrogen (secondary N) is 1. The normalized spacial score (nSPS) is 33.5. The Morgan fingerprint density at radius 2 is 1.81 bits per heavy atom. The average molecular weight is 220 g/mol. The van der Waals surface area contributed by atoms with Gasteiger partial charge in [-0.15, -0.1) is 0 Å². The maximum Gasteiger partial charge on any atom is 0.0672 e. The lowest BCUT2D eigenvalue weighted by Gasteiger charge is -2.31. The molecule has 2 aliphatic rings. The molecular formula is C14H24N2. The molecular weight excluding hydrogens is 196 g/mol. The van der Waals surface area contributed by atoms with Crippen molar-refractivity contribution >= 4 is 0 Å². The number of nitriles is 1. The zero-order valence-electron chi connectivity index (χ0n) is 10.4. The van der Waals surface area contributed by atoms with Crippen molar-refractivity contribution in [1.29, 1.82) is 5.26 Å². The fourth-order valence-corrected chi connectivity index (χ4v) is 3.42. The molecule has 0 saturated heterocycles. The van der Waals surface area contributed by atoms with E-state index in [1.54, 1.807) is 0 Å². The second-order valence-electron chi connectivity index (χ2n) is 5.63. The van der Waals surface area contributed by atoms with Crippen molar-refractivity contribution in [3.63, 3.8) is 0 Å². The number of nitrogens with zero attached hydrogens (tertiary/aromatic N) is 1. The Kier molecular flexibility index (Phi) is 4.23. The molecule has 0 aromatic carbocycles. The summed E-state index contributed by atoms with van der Waals surface area (Å²) >= 11 is 0. The third-order valence-corrected chi connectivity index (χ3v) is 4.52. The van der Waals surface area contributed by atoms with Gasteiger partial charge in [0.15, 0.2) is 0 Å². The van der Waals surface area contributed by atoms with E-state index in [0.29, 0.717) is 12.1 Å². The molecule has 0 radical (unpaired) electrons. The summed E-state index contributed by atoms with van der Waals surface area (Å²) < 4.78 is 0. The van der Waals surface area contributed by atoms with Gasteiger partial charge in [-0.25, -0.2) is 0 Å². The monoisotopic (exact) mass is 220 g/mol. The Balaban J connectivity index is 1.81. The maximum absolute atomic E-state index is 9.07. The van der Waals surface area contributed by atoms with E-state index < -0.39 is 0 Å². The summed E-state index contributed by atoms with van der Waals surface area (Å²) in [6, 6.07) is 3.54. The minimum Gasteiger partial charge on any atom is -0.310 e. The van der Waals surface area contributed by atoms with Gasteiger partial charge >= 0.3 is 0 Å². The van der Waals surface area contributed by atoms with E-state index in [1.807, 2.05) is 0 Å². The van der Waals surface area contributed by atoms with Crippen LogP contribution >= 0.6 is 0 Å². The topological polar surface area (TPSA) is 35.8 Å². The lowest BCUT2D eigenvalue weighted by molar-refractivity contribution is 0.256. The number of rotatable bonds is 3. The third-order valence-electron chi connectivity index (χ3n) is 4.52. The van der Waals surface area contributed by atoms with Crippen LogP contribution in [0, 0.1) is 23.2 Å². The Labute approximate surface area is 99.4 Å². The second-order valence-corrected chi connectivity index (χ2v) is 5.63. The van der Waals surface area contributed by atoms with Crippen LogP contribution in [0.5, 0.6) is 0 Å². The predicted molar refractivity (Wildman–Crippen MR) is 65.9 cm³/mol. The van der Waals surface area contributed by atoms with Crippen molar-refractivity contribution in [1.82, 2.24) is 5.32 Å². The van der Waals surface area contributed by atoms with E-state index in [-0.39, 0.29) is 5.92 Å². The minimum absolute atomic E-state index is 0.269. The van der Waals surface area contributed by atoms with Crippen LogP contribution in [0.4, 0.5) is 0 Å². The summed E-state index contributed by atoms with van der Waals surface area (Å²) in [4.78, 5) is 0.